The van der Waals surface area contributed by atoms with Crippen LogP contribution in [0.5, 0.6) is 0 Å². The van der Waals surface area contributed by atoms with E-state index in [2.05, 4.69) is 103 Å². The number of aromatic nitrogens is 1. The Morgan fingerprint density at radius 2 is 1.17 bits per heavy atom. The fraction of sp³-hybridized carbons (Fsp3) is 0.0606. The van der Waals surface area contributed by atoms with Gasteiger partial charge in [0, 0.05) is 16.3 Å². The van der Waals surface area contributed by atoms with Crippen LogP contribution in [0.25, 0.3) is 49.7 Å². The Balaban J connectivity index is 1.66. The third kappa shape index (κ3) is 3.59. The van der Waals surface area contributed by atoms with Gasteiger partial charge in [0.1, 0.15) is 0 Å². The van der Waals surface area contributed by atoms with E-state index in [0.717, 1.165) is 27.9 Å². The molecule has 5 aromatic carbocycles. The van der Waals surface area contributed by atoms with Crippen molar-refractivity contribution in [2.45, 2.75) is 13.8 Å². The predicted molar refractivity (Wildman–Crippen MR) is 146 cm³/mol. The molecule has 0 aliphatic rings. The van der Waals surface area contributed by atoms with Crippen LogP contribution in [0, 0.1) is 25.2 Å². The molecule has 6 rings (SSSR count). The minimum atomic E-state index is 0.657. The lowest BCUT2D eigenvalue weighted by Crippen LogP contribution is -1.97. The number of fused-ring (bicyclic) bond motifs is 3. The number of hydrogen-bond donors (Lipinski definition) is 0. The quantitative estimate of drug-likeness (QED) is 0.266. The van der Waals surface area contributed by atoms with Crippen molar-refractivity contribution in [3.8, 4) is 34.0 Å². The Bertz CT molecular complexity index is 1710. The number of hydrogen-bond acceptors (Lipinski definition) is 1. The molecule has 6 aromatic rings. The van der Waals surface area contributed by atoms with E-state index < -0.39 is 0 Å². The van der Waals surface area contributed by atoms with E-state index in [1.54, 1.807) is 0 Å². The summed E-state index contributed by atoms with van der Waals surface area (Å²) in [5, 5.41) is 12.3. The molecule has 2 nitrogen and oxygen atoms in total. The Labute approximate surface area is 205 Å². The third-order valence-corrected chi connectivity index (χ3v) is 6.70. The molecule has 1 heterocycles. The van der Waals surface area contributed by atoms with Gasteiger partial charge in [0.25, 0.3) is 0 Å². The molecule has 0 fully saturated rings. The van der Waals surface area contributed by atoms with E-state index in [0.29, 0.717) is 5.56 Å². The van der Waals surface area contributed by atoms with Crippen molar-refractivity contribution in [2.24, 2.45) is 0 Å². The highest BCUT2D eigenvalue weighted by atomic mass is 15.0. The maximum Gasteiger partial charge on any atom is 0.0992 e. The molecule has 35 heavy (non-hydrogen) atoms. The van der Waals surface area contributed by atoms with Crippen molar-refractivity contribution in [3.63, 3.8) is 0 Å². The van der Waals surface area contributed by atoms with E-state index in [-0.39, 0.29) is 0 Å². The van der Waals surface area contributed by atoms with Crippen molar-refractivity contribution in [1.29, 1.82) is 5.26 Å². The van der Waals surface area contributed by atoms with E-state index in [9.17, 15) is 5.26 Å². The normalized spacial score (nSPS) is 11.1. The van der Waals surface area contributed by atoms with Crippen molar-refractivity contribution in [2.75, 3.05) is 0 Å². The lowest BCUT2D eigenvalue weighted by Gasteiger charge is -2.15. The van der Waals surface area contributed by atoms with Crippen molar-refractivity contribution in [3.05, 3.63) is 126 Å². The first-order valence-corrected chi connectivity index (χ1v) is 11.8. The molecule has 2 heteroatoms. The molecule has 0 bridgehead atoms. The molecule has 166 valence electrons. The van der Waals surface area contributed by atoms with Gasteiger partial charge in [0.2, 0.25) is 0 Å². The first-order chi connectivity index (χ1) is 17.1. The zero-order chi connectivity index (χ0) is 23.9. The van der Waals surface area contributed by atoms with Crippen LogP contribution in [0.1, 0.15) is 16.7 Å². The van der Waals surface area contributed by atoms with E-state index in [1.807, 2.05) is 30.3 Å². The van der Waals surface area contributed by atoms with Crippen LogP contribution in [0.2, 0.25) is 0 Å². The Hall–Kier alpha value is -4.61. The summed E-state index contributed by atoms with van der Waals surface area (Å²) in [4.78, 5) is 0. The van der Waals surface area contributed by atoms with Crippen LogP contribution < -0.4 is 0 Å². The molecule has 1 aromatic heterocycles. The Morgan fingerprint density at radius 1 is 0.571 bits per heavy atom. The van der Waals surface area contributed by atoms with Crippen LogP contribution >= 0.6 is 0 Å². The van der Waals surface area contributed by atoms with Gasteiger partial charge in [-0.2, -0.15) is 5.26 Å². The van der Waals surface area contributed by atoms with Gasteiger partial charge in [-0.25, -0.2) is 0 Å². The fourth-order valence-corrected chi connectivity index (χ4v) is 5.07. The van der Waals surface area contributed by atoms with E-state index >= 15 is 0 Å². The molecule has 0 aliphatic carbocycles. The molecule has 0 radical (unpaired) electrons. The van der Waals surface area contributed by atoms with Gasteiger partial charge in [0.05, 0.1) is 28.4 Å². The van der Waals surface area contributed by atoms with Crippen LogP contribution in [-0.4, -0.2) is 4.57 Å². The summed E-state index contributed by atoms with van der Waals surface area (Å²) in [6.07, 6.45) is 0. The number of aryl methyl sites for hydroxylation is 2. The summed E-state index contributed by atoms with van der Waals surface area (Å²) in [6.45, 7) is 4.29. The standard InChI is InChI=1S/C33H24N2/c1-22-12-14-32-29(16-22)30-17-23(2)13-15-33(30)35(32)31-11-7-6-10-28(31)27-19-24(21-34)18-26(20-27)25-8-4-3-5-9-25/h3-20H,1-2H3. The highest BCUT2D eigenvalue weighted by molar-refractivity contribution is 6.10. The summed E-state index contributed by atoms with van der Waals surface area (Å²) in [7, 11) is 0. The summed E-state index contributed by atoms with van der Waals surface area (Å²) in [6, 6.07) is 40.6. The number of nitrogens with zero attached hydrogens (tertiary/aromatic N) is 2. The average Bonchev–Trinajstić information content (AvgIpc) is 3.21. The molecule has 0 atom stereocenters. The van der Waals surface area contributed by atoms with Crippen molar-refractivity contribution < 1.29 is 0 Å². The predicted octanol–water partition coefficient (Wildman–Crippen LogP) is 8.61. The van der Waals surface area contributed by atoms with Gasteiger partial charge >= 0.3 is 0 Å². The maximum atomic E-state index is 9.81. The summed E-state index contributed by atoms with van der Waals surface area (Å²) in [5.41, 5.74) is 10.9. The lowest BCUT2D eigenvalue weighted by atomic mass is 9.95. The Morgan fingerprint density at radius 3 is 1.83 bits per heavy atom. The fourth-order valence-electron chi connectivity index (χ4n) is 5.07. The number of benzene rings is 5. The first kappa shape index (κ1) is 21.0. The SMILES string of the molecule is Cc1ccc2c(c1)c1cc(C)ccc1n2-c1ccccc1-c1cc(C#N)cc(-c2ccccc2)c1. The average molecular weight is 449 g/mol. The van der Waals surface area contributed by atoms with Crippen LogP contribution in [0.3, 0.4) is 0 Å². The number of rotatable bonds is 3. The summed E-state index contributed by atoms with van der Waals surface area (Å²) < 4.78 is 2.36. The van der Waals surface area contributed by atoms with Crippen molar-refractivity contribution in [1.82, 2.24) is 4.57 Å². The van der Waals surface area contributed by atoms with Gasteiger partial charge in [-0.05, 0) is 79.1 Å². The molecule has 0 unspecified atom stereocenters. The molecular formula is C33H24N2. The third-order valence-electron chi connectivity index (χ3n) is 6.70. The smallest absolute Gasteiger partial charge is 0.0992 e. The van der Waals surface area contributed by atoms with Crippen LogP contribution in [0.15, 0.2) is 109 Å². The molecule has 0 N–H and O–H groups in total. The highest BCUT2D eigenvalue weighted by Crippen LogP contribution is 2.38. The van der Waals surface area contributed by atoms with Gasteiger partial charge in [0.15, 0.2) is 0 Å². The molecular weight excluding hydrogens is 424 g/mol. The summed E-state index contributed by atoms with van der Waals surface area (Å²) >= 11 is 0. The zero-order valence-corrected chi connectivity index (χ0v) is 19.8. The number of para-hydroxylation sites is 1. The topological polar surface area (TPSA) is 28.7 Å². The highest BCUT2D eigenvalue weighted by Gasteiger charge is 2.16. The number of nitriles is 1. The zero-order valence-electron chi connectivity index (χ0n) is 19.8. The maximum absolute atomic E-state index is 9.81. The Kier molecular flexibility index (Phi) is 4.98. The molecule has 0 aliphatic heterocycles. The van der Waals surface area contributed by atoms with Gasteiger partial charge in [-0.3, -0.25) is 0 Å². The van der Waals surface area contributed by atoms with E-state index in [4.69, 9.17) is 0 Å². The second-order valence-corrected chi connectivity index (χ2v) is 9.17. The van der Waals surface area contributed by atoms with Gasteiger partial charge in [-0.1, -0.05) is 71.8 Å². The van der Waals surface area contributed by atoms with Gasteiger partial charge in [-0.15, -0.1) is 0 Å². The minimum Gasteiger partial charge on any atom is -0.309 e. The second kappa shape index (κ2) is 8.31. The van der Waals surface area contributed by atoms with Crippen molar-refractivity contribution >= 4 is 21.8 Å². The monoisotopic (exact) mass is 448 g/mol. The molecule has 0 saturated heterocycles. The largest absolute Gasteiger partial charge is 0.309 e. The lowest BCUT2D eigenvalue weighted by molar-refractivity contribution is 1.18. The first-order valence-electron chi connectivity index (χ1n) is 11.8. The molecule has 0 spiro atoms. The molecule has 0 saturated carbocycles. The minimum absolute atomic E-state index is 0.657. The van der Waals surface area contributed by atoms with Crippen LogP contribution in [0.4, 0.5) is 0 Å². The van der Waals surface area contributed by atoms with E-state index in [1.165, 1.54) is 32.9 Å². The second-order valence-electron chi connectivity index (χ2n) is 9.17. The summed E-state index contributed by atoms with van der Waals surface area (Å²) in [5.74, 6) is 0. The van der Waals surface area contributed by atoms with Gasteiger partial charge < -0.3 is 4.57 Å². The molecule has 0 amide bonds. The van der Waals surface area contributed by atoms with Crippen LogP contribution in [-0.2, 0) is 0 Å².